The summed E-state index contributed by atoms with van der Waals surface area (Å²) in [6, 6.07) is 3.91. The Labute approximate surface area is 219 Å². The lowest BCUT2D eigenvalue weighted by Gasteiger charge is -2.18. The molecule has 12 heteroatoms. The topological polar surface area (TPSA) is 134 Å². The smallest absolute Gasteiger partial charge is 0.317 e. The van der Waals surface area contributed by atoms with E-state index in [-0.39, 0.29) is 37.2 Å². The molecule has 2 saturated carbocycles. The molecule has 196 valence electrons. The fraction of sp³-hybridized carbons (Fsp3) is 0.520. The van der Waals surface area contributed by atoms with Crippen LogP contribution in [0.4, 0.5) is 0 Å². The maximum absolute atomic E-state index is 11.6. The predicted molar refractivity (Wildman–Crippen MR) is 132 cm³/mol. The Morgan fingerprint density at radius 1 is 1.22 bits per heavy atom. The summed E-state index contributed by atoms with van der Waals surface area (Å²) in [7, 11) is 3.34. The highest BCUT2D eigenvalue weighted by atomic mass is 35.5. The lowest BCUT2D eigenvalue weighted by Crippen LogP contribution is -2.21. The first-order valence-electron chi connectivity index (χ1n) is 12.2. The van der Waals surface area contributed by atoms with E-state index in [1.54, 1.807) is 18.8 Å². The van der Waals surface area contributed by atoms with Crippen LogP contribution >= 0.6 is 11.6 Å². The molecular formula is C25H29ClN6O5. The zero-order valence-electron chi connectivity index (χ0n) is 20.9. The Balaban J connectivity index is 1.28. The van der Waals surface area contributed by atoms with Crippen molar-refractivity contribution in [1.82, 2.24) is 29.9 Å². The highest BCUT2D eigenvalue weighted by molar-refractivity contribution is 6.31. The average Bonchev–Trinajstić information content (AvgIpc) is 3.55. The number of fused-ring (bicyclic) bond motifs is 1. The summed E-state index contributed by atoms with van der Waals surface area (Å²) >= 11 is 6.10. The first-order valence-corrected chi connectivity index (χ1v) is 12.6. The molecule has 2 fully saturated rings. The zero-order valence-corrected chi connectivity index (χ0v) is 21.7. The van der Waals surface area contributed by atoms with Gasteiger partial charge in [0, 0.05) is 14.2 Å². The van der Waals surface area contributed by atoms with E-state index < -0.39 is 5.97 Å². The summed E-state index contributed by atoms with van der Waals surface area (Å²) in [5.74, 6) is 0.394. The van der Waals surface area contributed by atoms with E-state index in [0.717, 1.165) is 31.4 Å². The highest BCUT2D eigenvalue weighted by Crippen LogP contribution is 2.48. The van der Waals surface area contributed by atoms with Crippen molar-refractivity contribution in [3.8, 4) is 23.1 Å². The number of ether oxygens (including phenoxy) is 3. The number of aliphatic carboxylic acids is 1. The van der Waals surface area contributed by atoms with Crippen LogP contribution in [0.5, 0.6) is 11.8 Å². The van der Waals surface area contributed by atoms with Gasteiger partial charge in [-0.1, -0.05) is 16.8 Å². The quantitative estimate of drug-likeness (QED) is 0.438. The normalized spacial score (nSPS) is 22.7. The maximum Gasteiger partial charge on any atom is 0.317 e. The molecule has 37 heavy (non-hydrogen) atoms. The second-order valence-corrected chi connectivity index (χ2v) is 10.0. The molecule has 3 heterocycles. The van der Waals surface area contributed by atoms with Crippen LogP contribution < -0.4 is 9.47 Å². The molecular weight excluding hydrogens is 500 g/mol. The fourth-order valence-corrected chi connectivity index (χ4v) is 5.63. The lowest BCUT2D eigenvalue weighted by molar-refractivity contribution is -0.143. The largest absolute Gasteiger partial charge is 0.489 e. The Bertz CT molecular complexity index is 1300. The number of halogens is 1. The molecule has 0 spiro atoms. The number of aromatic nitrogens is 6. The average molecular weight is 529 g/mol. The molecule has 0 amide bonds. The Morgan fingerprint density at radius 3 is 2.81 bits per heavy atom. The number of nitrogens with zero attached hydrogens (tertiary/aromatic N) is 6. The standard InChI is InChI=1S/C25H29ClN6O5/c1-13-22(37-15-8-14-4-5-16(24(33)34)17(14)9-15)7-6-19(28-13)23-21(32(2)31-30-23)12-36-25-27-10-18(26)20(29-25)11-35-3/h6-7,10,14-17H,4-5,8-9,11-12H2,1-3H3,(H,33,34)/t14-,15-,16-,17+/m0/s1. The highest BCUT2D eigenvalue weighted by Gasteiger charge is 2.47. The zero-order chi connectivity index (χ0) is 26.1. The van der Waals surface area contributed by atoms with Crippen LogP contribution in [0.3, 0.4) is 0 Å². The van der Waals surface area contributed by atoms with Crippen LogP contribution in [0.2, 0.25) is 5.02 Å². The van der Waals surface area contributed by atoms with Crippen molar-refractivity contribution in [2.45, 2.75) is 51.9 Å². The molecule has 0 unspecified atom stereocenters. The molecule has 5 rings (SSSR count). The molecule has 11 nitrogen and oxygen atoms in total. The minimum absolute atomic E-state index is 0.00588. The molecule has 3 aromatic heterocycles. The van der Waals surface area contributed by atoms with Crippen molar-refractivity contribution in [1.29, 1.82) is 0 Å². The molecule has 3 aromatic rings. The first-order chi connectivity index (χ1) is 17.8. The fourth-order valence-electron chi connectivity index (χ4n) is 5.49. The SMILES string of the molecule is COCc1nc(OCc2c(-c3ccc(O[C@H]4C[C@@H]5CC[C@H](C(=O)O)[C@@H]5C4)c(C)n3)nnn2C)ncc1Cl. The van der Waals surface area contributed by atoms with E-state index in [9.17, 15) is 9.90 Å². The summed E-state index contributed by atoms with van der Waals surface area (Å²) in [4.78, 5) is 24.7. The lowest BCUT2D eigenvalue weighted by atomic mass is 9.92. The van der Waals surface area contributed by atoms with Crippen molar-refractivity contribution >= 4 is 17.6 Å². The van der Waals surface area contributed by atoms with E-state index in [2.05, 4.69) is 20.3 Å². The van der Waals surface area contributed by atoms with Gasteiger partial charge in [0.05, 0.1) is 46.9 Å². The van der Waals surface area contributed by atoms with Gasteiger partial charge in [-0.2, -0.15) is 4.98 Å². The van der Waals surface area contributed by atoms with Gasteiger partial charge in [-0.25, -0.2) is 14.6 Å². The van der Waals surface area contributed by atoms with Crippen molar-refractivity contribution in [3.63, 3.8) is 0 Å². The number of methoxy groups -OCH3 is 1. The van der Waals surface area contributed by atoms with E-state index in [4.69, 9.17) is 30.8 Å². The van der Waals surface area contributed by atoms with Crippen LogP contribution in [0, 0.1) is 24.7 Å². The number of pyridine rings is 1. The Hall–Kier alpha value is -3.31. The number of rotatable bonds is 9. The molecule has 0 aliphatic heterocycles. The van der Waals surface area contributed by atoms with E-state index in [0.29, 0.717) is 39.5 Å². The minimum Gasteiger partial charge on any atom is -0.489 e. The number of hydrogen-bond donors (Lipinski definition) is 1. The minimum atomic E-state index is -0.683. The van der Waals surface area contributed by atoms with Gasteiger partial charge in [0.2, 0.25) is 0 Å². The van der Waals surface area contributed by atoms with Crippen molar-refractivity contribution in [2.75, 3.05) is 7.11 Å². The number of hydrogen-bond acceptors (Lipinski definition) is 9. The van der Waals surface area contributed by atoms with Crippen LogP contribution in [0.25, 0.3) is 11.4 Å². The Morgan fingerprint density at radius 2 is 2.05 bits per heavy atom. The molecule has 1 N–H and O–H groups in total. The first kappa shape index (κ1) is 25.3. The van der Waals surface area contributed by atoms with Gasteiger partial charge in [-0.05, 0) is 56.6 Å². The van der Waals surface area contributed by atoms with Gasteiger partial charge in [0.25, 0.3) is 0 Å². The number of aryl methyl sites for hydroxylation is 2. The summed E-state index contributed by atoms with van der Waals surface area (Å²) in [5.41, 5.74) is 3.20. The van der Waals surface area contributed by atoms with Crippen LogP contribution in [0.1, 0.15) is 42.8 Å². The third-order valence-electron chi connectivity index (χ3n) is 7.32. The number of carbonyl (C=O) groups is 1. The monoisotopic (exact) mass is 528 g/mol. The van der Waals surface area contributed by atoms with Crippen molar-refractivity contribution in [3.05, 3.63) is 40.4 Å². The molecule has 2 aliphatic rings. The van der Waals surface area contributed by atoms with E-state index >= 15 is 0 Å². The molecule has 0 radical (unpaired) electrons. The second-order valence-electron chi connectivity index (χ2n) is 9.61. The number of carboxylic acids is 1. The maximum atomic E-state index is 11.6. The third-order valence-corrected chi connectivity index (χ3v) is 7.63. The molecule has 0 bridgehead atoms. The van der Waals surface area contributed by atoms with Crippen molar-refractivity contribution < 1.29 is 24.1 Å². The van der Waals surface area contributed by atoms with Gasteiger partial charge in [0.1, 0.15) is 23.7 Å². The van der Waals surface area contributed by atoms with Gasteiger partial charge >= 0.3 is 12.0 Å². The number of carboxylic acid groups (broad SMARTS) is 1. The second kappa shape index (κ2) is 10.6. The van der Waals surface area contributed by atoms with Gasteiger partial charge in [0.15, 0.2) is 0 Å². The molecule has 4 atom stereocenters. The summed E-state index contributed by atoms with van der Waals surface area (Å²) in [6.45, 7) is 2.26. The van der Waals surface area contributed by atoms with Crippen LogP contribution in [0.15, 0.2) is 18.3 Å². The predicted octanol–water partition coefficient (Wildman–Crippen LogP) is 3.62. The van der Waals surface area contributed by atoms with E-state index in [1.807, 2.05) is 19.1 Å². The van der Waals surface area contributed by atoms with Gasteiger partial charge in [-0.3, -0.25) is 4.79 Å². The molecule has 0 saturated heterocycles. The van der Waals surface area contributed by atoms with Crippen LogP contribution in [-0.2, 0) is 29.8 Å². The third kappa shape index (κ3) is 5.24. The molecule has 0 aromatic carbocycles. The Kier molecular flexibility index (Phi) is 7.25. The summed E-state index contributed by atoms with van der Waals surface area (Å²) < 4.78 is 18.8. The van der Waals surface area contributed by atoms with Gasteiger partial charge in [-0.15, -0.1) is 5.10 Å². The van der Waals surface area contributed by atoms with Gasteiger partial charge < -0.3 is 19.3 Å². The van der Waals surface area contributed by atoms with E-state index in [1.165, 1.54) is 6.20 Å². The van der Waals surface area contributed by atoms with Crippen molar-refractivity contribution in [2.24, 2.45) is 24.8 Å². The summed E-state index contributed by atoms with van der Waals surface area (Å²) in [5, 5.41) is 18.3. The molecule has 2 aliphatic carbocycles. The van der Waals surface area contributed by atoms with Crippen LogP contribution in [-0.4, -0.2) is 54.2 Å². The summed E-state index contributed by atoms with van der Waals surface area (Å²) in [6.07, 6.45) is 4.88.